The van der Waals surface area contributed by atoms with E-state index in [0.29, 0.717) is 19.9 Å². The third kappa shape index (κ3) is 3.21. The Balaban J connectivity index is 1.57. The molecule has 0 saturated heterocycles. The van der Waals surface area contributed by atoms with E-state index in [9.17, 15) is 4.79 Å². The first kappa shape index (κ1) is 17.1. The van der Waals surface area contributed by atoms with Crippen LogP contribution >= 0.6 is 34.5 Å². The SMILES string of the molecule is Cc1cccn2cc(-c3ccc(NC(=O)c4cc(Cl)sc4Cl)cc3)nc12. The predicted molar refractivity (Wildman–Crippen MR) is 108 cm³/mol. The standard InChI is InChI=1S/C19H13Cl2N3OS/c1-11-3-2-8-24-10-15(23-18(11)24)12-4-6-13(7-5-12)22-19(25)14-9-16(20)26-17(14)21/h2-10H,1H3,(H,22,25). The van der Waals surface area contributed by atoms with E-state index < -0.39 is 0 Å². The summed E-state index contributed by atoms with van der Waals surface area (Å²) in [7, 11) is 0. The van der Waals surface area contributed by atoms with E-state index in [2.05, 4.69) is 10.3 Å². The minimum atomic E-state index is -0.283. The van der Waals surface area contributed by atoms with Gasteiger partial charge in [-0.1, -0.05) is 41.4 Å². The van der Waals surface area contributed by atoms with Crippen LogP contribution in [0.2, 0.25) is 8.67 Å². The quantitative estimate of drug-likeness (QED) is 0.462. The number of thiophene rings is 1. The molecule has 0 aliphatic carbocycles. The normalized spacial score (nSPS) is 11.0. The van der Waals surface area contributed by atoms with Gasteiger partial charge in [0.1, 0.15) is 9.98 Å². The molecule has 26 heavy (non-hydrogen) atoms. The molecule has 130 valence electrons. The fourth-order valence-corrected chi connectivity index (χ4v) is 4.17. The second kappa shape index (κ2) is 6.76. The van der Waals surface area contributed by atoms with Crippen LogP contribution in [0.3, 0.4) is 0 Å². The maximum atomic E-state index is 12.3. The number of aromatic nitrogens is 2. The second-order valence-electron chi connectivity index (χ2n) is 5.82. The fourth-order valence-electron chi connectivity index (χ4n) is 2.71. The molecule has 1 amide bonds. The molecular formula is C19H13Cl2N3OS. The van der Waals surface area contributed by atoms with Crippen molar-refractivity contribution in [2.45, 2.75) is 6.92 Å². The summed E-state index contributed by atoms with van der Waals surface area (Å²) in [5.74, 6) is -0.283. The summed E-state index contributed by atoms with van der Waals surface area (Å²) in [4.78, 5) is 17.0. The van der Waals surface area contributed by atoms with Gasteiger partial charge in [-0.25, -0.2) is 4.98 Å². The summed E-state index contributed by atoms with van der Waals surface area (Å²) in [6, 6.07) is 13.1. The number of rotatable bonds is 3. The molecule has 4 rings (SSSR count). The smallest absolute Gasteiger partial charge is 0.258 e. The Hall–Kier alpha value is -2.34. The Bertz CT molecular complexity index is 1120. The van der Waals surface area contributed by atoms with Crippen molar-refractivity contribution in [2.75, 3.05) is 5.32 Å². The second-order valence-corrected chi connectivity index (χ2v) is 8.10. The molecule has 0 spiro atoms. The molecule has 1 aromatic carbocycles. The molecule has 4 aromatic rings. The zero-order valence-corrected chi connectivity index (χ0v) is 16.0. The highest BCUT2D eigenvalue weighted by Gasteiger charge is 2.14. The Morgan fingerprint density at radius 1 is 1.19 bits per heavy atom. The monoisotopic (exact) mass is 401 g/mol. The topological polar surface area (TPSA) is 46.4 Å². The summed E-state index contributed by atoms with van der Waals surface area (Å²) in [5, 5.41) is 2.83. The molecule has 0 aliphatic rings. The van der Waals surface area contributed by atoms with E-state index in [1.54, 1.807) is 6.07 Å². The van der Waals surface area contributed by atoms with Crippen molar-refractivity contribution in [3.63, 3.8) is 0 Å². The number of benzene rings is 1. The summed E-state index contributed by atoms with van der Waals surface area (Å²) in [6.45, 7) is 2.03. The number of halogens is 2. The summed E-state index contributed by atoms with van der Waals surface area (Å²) in [5.41, 5.74) is 4.96. The van der Waals surface area contributed by atoms with Crippen molar-refractivity contribution in [3.05, 3.63) is 74.7 Å². The zero-order chi connectivity index (χ0) is 18.3. The van der Waals surface area contributed by atoms with E-state index in [0.717, 1.165) is 22.5 Å². The van der Waals surface area contributed by atoms with Gasteiger partial charge in [0.15, 0.2) is 0 Å². The number of carbonyl (C=O) groups excluding carboxylic acids is 1. The fraction of sp³-hybridized carbons (Fsp3) is 0.0526. The van der Waals surface area contributed by atoms with E-state index >= 15 is 0 Å². The van der Waals surface area contributed by atoms with Crippen LogP contribution in [-0.4, -0.2) is 15.3 Å². The first-order valence-corrected chi connectivity index (χ1v) is 9.39. The lowest BCUT2D eigenvalue weighted by Gasteiger charge is -2.05. The van der Waals surface area contributed by atoms with Crippen molar-refractivity contribution in [3.8, 4) is 11.3 Å². The van der Waals surface area contributed by atoms with Crippen LogP contribution in [0, 0.1) is 6.92 Å². The number of carbonyl (C=O) groups is 1. The average molecular weight is 402 g/mol. The van der Waals surface area contributed by atoms with Crippen LogP contribution in [0.1, 0.15) is 15.9 Å². The van der Waals surface area contributed by atoms with Gasteiger partial charge in [0.2, 0.25) is 0 Å². The van der Waals surface area contributed by atoms with Crippen LogP contribution in [0.15, 0.2) is 54.9 Å². The number of pyridine rings is 1. The number of nitrogens with zero attached hydrogens (tertiary/aromatic N) is 2. The molecule has 3 aromatic heterocycles. The highest BCUT2D eigenvalue weighted by molar-refractivity contribution is 7.20. The third-order valence-corrected chi connectivity index (χ3v) is 5.51. The molecule has 0 aliphatic heterocycles. The number of aryl methyl sites for hydroxylation is 1. The predicted octanol–water partition coefficient (Wildman–Crippen LogP) is 5.93. The van der Waals surface area contributed by atoms with Crippen LogP contribution in [0.25, 0.3) is 16.9 Å². The summed E-state index contributed by atoms with van der Waals surface area (Å²) in [6.07, 6.45) is 3.96. The van der Waals surface area contributed by atoms with Gasteiger partial charge >= 0.3 is 0 Å². The van der Waals surface area contributed by atoms with Gasteiger partial charge in [-0.15, -0.1) is 11.3 Å². The molecule has 0 radical (unpaired) electrons. The van der Waals surface area contributed by atoms with Crippen molar-refractivity contribution in [1.82, 2.24) is 9.38 Å². The lowest BCUT2D eigenvalue weighted by molar-refractivity contribution is 0.102. The minimum Gasteiger partial charge on any atom is -0.322 e. The number of fused-ring (bicyclic) bond motifs is 1. The molecule has 0 fully saturated rings. The van der Waals surface area contributed by atoms with Gasteiger partial charge in [-0.3, -0.25) is 4.79 Å². The minimum absolute atomic E-state index is 0.283. The molecule has 0 atom stereocenters. The Labute approximate surface area is 164 Å². The zero-order valence-electron chi connectivity index (χ0n) is 13.7. The van der Waals surface area contributed by atoms with E-state index in [4.69, 9.17) is 23.2 Å². The van der Waals surface area contributed by atoms with E-state index in [1.807, 2.05) is 60.1 Å². The number of hydrogen-bond acceptors (Lipinski definition) is 3. The molecule has 7 heteroatoms. The molecule has 1 N–H and O–H groups in total. The number of nitrogens with one attached hydrogen (secondary N) is 1. The molecule has 0 bridgehead atoms. The van der Waals surface area contributed by atoms with Gasteiger partial charge in [-0.2, -0.15) is 0 Å². The van der Waals surface area contributed by atoms with Crippen LogP contribution in [-0.2, 0) is 0 Å². The number of imidazole rings is 1. The van der Waals surface area contributed by atoms with E-state index in [1.165, 1.54) is 11.3 Å². The maximum absolute atomic E-state index is 12.3. The van der Waals surface area contributed by atoms with Gasteiger partial charge in [0, 0.05) is 23.6 Å². The Morgan fingerprint density at radius 3 is 2.62 bits per heavy atom. The highest BCUT2D eigenvalue weighted by atomic mass is 35.5. The van der Waals surface area contributed by atoms with Gasteiger partial charge in [0.25, 0.3) is 5.91 Å². The molecule has 4 nitrogen and oxygen atoms in total. The molecular weight excluding hydrogens is 389 g/mol. The summed E-state index contributed by atoms with van der Waals surface area (Å²) < 4.78 is 2.87. The lowest BCUT2D eigenvalue weighted by Crippen LogP contribution is -2.11. The van der Waals surface area contributed by atoms with Crippen LogP contribution < -0.4 is 5.32 Å². The van der Waals surface area contributed by atoms with Crippen molar-refractivity contribution < 1.29 is 4.79 Å². The van der Waals surface area contributed by atoms with Crippen molar-refractivity contribution in [1.29, 1.82) is 0 Å². The number of hydrogen-bond donors (Lipinski definition) is 1. The van der Waals surface area contributed by atoms with Gasteiger partial charge in [-0.05, 0) is 36.8 Å². The first-order chi connectivity index (χ1) is 12.5. The highest BCUT2D eigenvalue weighted by Crippen LogP contribution is 2.31. The van der Waals surface area contributed by atoms with Crippen LogP contribution in [0.4, 0.5) is 5.69 Å². The van der Waals surface area contributed by atoms with E-state index in [-0.39, 0.29) is 5.91 Å². The largest absolute Gasteiger partial charge is 0.322 e. The van der Waals surface area contributed by atoms with Gasteiger partial charge < -0.3 is 9.72 Å². The maximum Gasteiger partial charge on any atom is 0.258 e. The van der Waals surface area contributed by atoms with Gasteiger partial charge in [0.05, 0.1) is 15.6 Å². The Kier molecular flexibility index (Phi) is 4.44. The first-order valence-electron chi connectivity index (χ1n) is 7.82. The van der Waals surface area contributed by atoms with Crippen molar-refractivity contribution in [2.24, 2.45) is 0 Å². The molecule has 0 saturated carbocycles. The number of amides is 1. The number of anilines is 1. The Morgan fingerprint density at radius 2 is 1.96 bits per heavy atom. The average Bonchev–Trinajstić information content (AvgIpc) is 3.19. The van der Waals surface area contributed by atoms with Crippen LogP contribution in [0.5, 0.6) is 0 Å². The van der Waals surface area contributed by atoms with Crippen molar-refractivity contribution >= 4 is 51.8 Å². The molecule has 0 unspecified atom stereocenters. The summed E-state index contributed by atoms with van der Waals surface area (Å²) >= 11 is 13.1. The molecule has 3 heterocycles. The lowest BCUT2D eigenvalue weighted by atomic mass is 10.1. The third-order valence-electron chi connectivity index (χ3n) is 4.02.